The van der Waals surface area contributed by atoms with Gasteiger partial charge in [0, 0.05) is 5.69 Å². The van der Waals surface area contributed by atoms with Gasteiger partial charge in [-0.3, -0.25) is 0 Å². The second-order valence-corrected chi connectivity index (χ2v) is 4.33. The van der Waals surface area contributed by atoms with Gasteiger partial charge in [-0.05, 0) is 30.3 Å². The molecule has 2 aromatic carbocycles. The van der Waals surface area contributed by atoms with Gasteiger partial charge in [0.1, 0.15) is 11.3 Å². The average Bonchev–Trinajstić information content (AvgIpc) is 2.41. The molecule has 2 rings (SSSR count). The monoisotopic (exact) mass is 288 g/mol. The third-order valence-electron chi connectivity index (χ3n) is 2.48. The highest BCUT2D eigenvalue weighted by molar-refractivity contribution is 6.33. The summed E-state index contributed by atoms with van der Waals surface area (Å²) in [6.45, 7) is 0. The van der Waals surface area contributed by atoms with E-state index in [0.717, 1.165) is 0 Å². The lowest BCUT2D eigenvalue weighted by atomic mass is 10.1. The molecule has 0 aliphatic carbocycles. The first-order chi connectivity index (χ1) is 9.51. The number of anilines is 1. The highest BCUT2D eigenvalue weighted by atomic mass is 35.5. The van der Waals surface area contributed by atoms with Gasteiger partial charge in [-0.1, -0.05) is 17.7 Å². The third kappa shape index (κ3) is 2.82. The molecule has 0 saturated carbocycles. The van der Waals surface area contributed by atoms with Gasteiger partial charge in [0.2, 0.25) is 0 Å². The molecule has 2 aromatic rings. The summed E-state index contributed by atoms with van der Waals surface area (Å²) in [6, 6.07) is 10.9. The van der Waals surface area contributed by atoms with Crippen LogP contribution in [0.3, 0.4) is 0 Å². The molecule has 0 bridgehead atoms. The Morgan fingerprint density at radius 2 is 2.10 bits per heavy atom. The third-order valence-corrected chi connectivity index (χ3v) is 2.76. The second kappa shape index (κ2) is 5.51. The minimum atomic E-state index is -1.20. The van der Waals surface area contributed by atoms with Gasteiger partial charge >= 0.3 is 5.97 Å². The molecule has 3 N–H and O–H groups in total. The minimum absolute atomic E-state index is 0.0107. The van der Waals surface area contributed by atoms with Crippen LogP contribution in [0.1, 0.15) is 15.9 Å². The van der Waals surface area contributed by atoms with Crippen molar-refractivity contribution in [2.75, 3.05) is 5.73 Å². The lowest BCUT2D eigenvalue weighted by molar-refractivity contribution is 0.0694. The van der Waals surface area contributed by atoms with E-state index in [4.69, 9.17) is 32.4 Å². The molecule has 0 heterocycles. The Morgan fingerprint density at radius 1 is 1.35 bits per heavy atom. The number of halogens is 1. The van der Waals surface area contributed by atoms with Crippen LogP contribution in [0.5, 0.6) is 11.5 Å². The van der Waals surface area contributed by atoms with E-state index in [9.17, 15) is 4.79 Å². The zero-order valence-corrected chi connectivity index (χ0v) is 10.9. The summed E-state index contributed by atoms with van der Waals surface area (Å²) in [5.74, 6) is -0.896. The Bertz CT molecular complexity index is 723. The zero-order valence-electron chi connectivity index (χ0n) is 10.1. The van der Waals surface area contributed by atoms with Crippen LogP contribution in [0.25, 0.3) is 0 Å². The predicted molar refractivity (Wildman–Crippen MR) is 74.1 cm³/mol. The van der Waals surface area contributed by atoms with Crippen LogP contribution in [-0.2, 0) is 0 Å². The smallest absolute Gasteiger partial charge is 0.339 e. The summed E-state index contributed by atoms with van der Waals surface area (Å²) < 4.78 is 5.48. The van der Waals surface area contributed by atoms with E-state index in [2.05, 4.69) is 0 Å². The number of rotatable bonds is 3. The summed E-state index contributed by atoms with van der Waals surface area (Å²) in [4.78, 5) is 11.2. The van der Waals surface area contributed by atoms with E-state index in [1.807, 2.05) is 6.07 Å². The Hall–Kier alpha value is -2.71. The van der Waals surface area contributed by atoms with Gasteiger partial charge in [-0.25, -0.2) is 4.79 Å². The molecule has 0 unspecified atom stereocenters. The number of nitriles is 1. The number of carboxylic acids is 1. The van der Waals surface area contributed by atoms with Crippen molar-refractivity contribution in [3.8, 4) is 17.6 Å². The molecule has 0 spiro atoms. The van der Waals surface area contributed by atoms with Crippen molar-refractivity contribution in [1.29, 1.82) is 5.26 Å². The molecule has 6 heteroatoms. The van der Waals surface area contributed by atoms with Crippen LogP contribution < -0.4 is 10.5 Å². The Kier molecular flexibility index (Phi) is 3.78. The Labute approximate surface area is 119 Å². The number of carboxylic acid groups (broad SMARTS) is 1. The topological polar surface area (TPSA) is 96.3 Å². The zero-order chi connectivity index (χ0) is 14.7. The number of nitrogen functional groups attached to an aromatic ring is 1. The minimum Gasteiger partial charge on any atom is -0.478 e. The molecule has 0 atom stereocenters. The van der Waals surface area contributed by atoms with Gasteiger partial charge in [0.15, 0.2) is 5.75 Å². The Morgan fingerprint density at radius 3 is 2.75 bits per heavy atom. The van der Waals surface area contributed by atoms with Gasteiger partial charge in [0.25, 0.3) is 0 Å². The fourth-order valence-electron chi connectivity index (χ4n) is 1.62. The standard InChI is InChI=1S/C14H9ClN2O3/c15-12-6-9(17)5-11(14(18)19)13(12)20-10-3-1-2-8(4-10)7-16/h1-6H,17H2,(H,18,19). The summed E-state index contributed by atoms with van der Waals surface area (Å²) >= 11 is 5.97. The number of aromatic carboxylic acids is 1. The maximum atomic E-state index is 11.2. The summed E-state index contributed by atoms with van der Waals surface area (Å²) in [5, 5.41) is 18.1. The normalized spacial score (nSPS) is 9.80. The van der Waals surface area contributed by atoms with Crippen LogP contribution in [0.4, 0.5) is 5.69 Å². The molecule has 0 aromatic heterocycles. The van der Waals surface area contributed by atoms with Crippen LogP contribution in [0.2, 0.25) is 5.02 Å². The molecule has 20 heavy (non-hydrogen) atoms. The van der Waals surface area contributed by atoms with Crippen LogP contribution >= 0.6 is 11.6 Å². The van der Waals surface area contributed by atoms with E-state index in [1.54, 1.807) is 18.2 Å². The molecule has 0 saturated heterocycles. The van der Waals surface area contributed by atoms with Crippen molar-refractivity contribution in [1.82, 2.24) is 0 Å². The van der Waals surface area contributed by atoms with E-state index in [1.165, 1.54) is 18.2 Å². The van der Waals surface area contributed by atoms with Crippen LogP contribution in [0, 0.1) is 11.3 Å². The lowest BCUT2D eigenvalue weighted by Crippen LogP contribution is -2.02. The highest BCUT2D eigenvalue weighted by Gasteiger charge is 2.17. The van der Waals surface area contributed by atoms with E-state index in [-0.39, 0.29) is 22.0 Å². The maximum absolute atomic E-state index is 11.2. The predicted octanol–water partition coefficient (Wildman–Crippen LogP) is 3.28. The fourth-order valence-corrected chi connectivity index (χ4v) is 1.89. The summed E-state index contributed by atoms with van der Waals surface area (Å²) in [5.41, 5.74) is 6.04. The number of nitrogens with two attached hydrogens (primary N) is 1. The van der Waals surface area contributed by atoms with Gasteiger partial charge in [-0.15, -0.1) is 0 Å². The summed E-state index contributed by atoms with van der Waals surface area (Å²) in [7, 11) is 0. The molecular weight excluding hydrogens is 280 g/mol. The lowest BCUT2D eigenvalue weighted by Gasteiger charge is -2.11. The van der Waals surface area contributed by atoms with Crippen molar-refractivity contribution >= 4 is 23.3 Å². The van der Waals surface area contributed by atoms with Crippen molar-refractivity contribution in [2.24, 2.45) is 0 Å². The molecule has 0 aliphatic rings. The second-order valence-electron chi connectivity index (χ2n) is 3.93. The van der Waals surface area contributed by atoms with E-state index in [0.29, 0.717) is 11.3 Å². The van der Waals surface area contributed by atoms with Crippen molar-refractivity contribution in [3.05, 3.63) is 52.5 Å². The number of nitrogens with zero attached hydrogens (tertiary/aromatic N) is 1. The fraction of sp³-hybridized carbons (Fsp3) is 0. The number of hydrogen-bond acceptors (Lipinski definition) is 4. The number of ether oxygens (including phenoxy) is 1. The maximum Gasteiger partial charge on any atom is 0.339 e. The molecule has 0 fully saturated rings. The first-order valence-electron chi connectivity index (χ1n) is 5.51. The quantitative estimate of drug-likeness (QED) is 0.845. The molecule has 0 radical (unpaired) electrons. The van der Waals surface area contributed by atoms with Crippen molar-refractivity contribution in [3.63, 3.8) is 0 Å². The van der Waals surface area contributed by atoms with Crippen LogP contribution in [-0.4, -0.2) is 11.1 Å². The number of carbonyl (C=O) groups is 1. The molecular formula is C14H9ClN2O3. The van der Waals surface area contributed by atoms with E-state index >= 15 is 0 Å². The van der Waals surface area contributed by atoms with Crippen molar-refractivity contribution < 1.29 is 14.6 Å². The van der Waals surface area contributed by atoms with E-state index < -0.39 is 5.97 Å². The highest BCUT2D eigenvalue weighted by Crippen LogP contribution is 2.35. The van der Waals surface area contributed by atoms with Crippen molar-refractivity contribution in [2.45, 2.75) is 0 Å². The number of benzene rings is 2. The number of hydrogen-bond donors (Lipinski definition) is 2. The largest absolute Gasteiger partial charge is 0.478 e. The van der Waals surface area contributed by atoms with Gasteiger partial charge < -0.3 is 15.6 Å². The molecule has 0 amide bonds. The first kappa shape index (κ1) is 13.7. The SMILES string of the molecule is N#Cc1cccc(Oc2c(Cl)cc(N)cc2C(=O)O)c1. The molecule has 100 valence electrons. The first-order valence-corrected chi connectivity index (χ1v) is 5.89. The van der Waals surface area contributed by atoms with Gasteiger partial charge in [0.05, 0.1) is 16.7 Å². The average molecular weight is 289 g/mol. The Balaban J connectivity index is 2.48. The van der Waals surface area contributed by atoms with Crippen LogP contribution in [0.15, 0.2) is 36.4 Å². The summed E-state index contributed by atoms with van der Waals surface area (Å²) in [6.07, 6.45) is 0. The molecule has 0 aliphatic heterocycles. The van der Waals surface area contributed by atoms with Gasteiger partial charge in [-0.2, -0.15) is 5.26 Å². The molecule has 5 nitrogen and oxygen atoms in total.